The fourth-order valence-corrected chi connectivity index (χ4v) is 3.53. The van der Waals surface area contributed by atoms with E-state index >= 15 is 0 Å². The third-order valence-electron chi connectivity index (χ3n) is 5.06. The van der Waals surface area contributed by atoms with E-state index in [1.54, 1.807) is 54.6 Å². The largest absolute Gasteiger partial charge is 0.494 e. The minimum Gasteiger partial charge on any atom is -0.494 e. The number of anilines is 1. The predicted molar refractivity (Wildman–Crippen MR) is 129 cm³/mol. The number of carbonyl (C=O) groups is 1. The zero-order valence-electron chi connectivity index (χ0n) is 18.0. The SMILES string of the molecule is CCCCOc1ccc(C(=O)Nc2n[nH]c3ccc(OCc4ccc(Br)cc4F)cc23)cc1. The van der Waals surface area contributed by atoms with Gasteiger partial charge in [0.1, 0.15) is 23.9 Å². The number of nitrogens with zero attached hydrogens (tertiary/aromatic N) is 1. The van der Waals surface area contributed by atoms with Crippen molar-refractivity contribution in [2.45, 2.75) is 26.4 Å². The highest BCUT2D eigenvalue weighted by Gasteiger charge is 2.13. The Morgan fingerprint density at radius 1 is 1.06 bits per heavy atom. The van der Waals surface area contributed by atoms with E-state index in [-0.39, 0.29) is 18.3 Å². The van der Waals surface area contributed by atoms with Gasteiger partial charge in [-0.15, -0.1) is 0 Å². The molecule has 0 aliphatic heterocycles. The highest BCUT2D eigenvalue weighted by Crippen LogP contribution is 2.27. The number of aromatic nitrogens is 2. The van der Waals surface area contributed by atoms with Crippen LogP contribution in [0.15, 0.2) is 65.1 Å². The summed E-state index contributed by atoms with van der Waals surface area (Å²) in [4.78, 5) is 12.7. The van der Waals surface area contributed by atoms with Gasteiger partial charge in [-0.25, -0.2) is 4.39 Å². The van der Waals surface area contributed by atoms with Gasteiger partial charge in [-0.2, -0.15) is 5.10 Å². The van der Waals surface area contributed by atoms with Crippen molar-refractivity contribution in [1.29, 1.82) is 0 Å². The van der Waals surface area contributed by atoms with Gasteiger partial charge < -0.3 is 14.8 Å². The van der Waals surface area contributed by atoms with E-state index in [4.69, 9.17) is 9.47 Å². The molecule has 2 N–H and O–H groups in total. The molecule has 0 saturated carbocycles. The average molecular weight is 512 g/mol. The summed E-state index contributed by atoms with van der Waals surface area (Å²) in [7, 11) is 0. The van der Waals surface area contributed by atoms with E-state index in [9.17, 15) is 9.18 Å². The van der Waals surface area contributed by atoms with E-state index in [0.717, 1.165) is 24.1 Å². The fourth-order valence-electron chi connectivity index (χ4n) is 3.19. The molecule has 0 fully saturated rings. The topological polar surface area (TPSA) is 76.2 Å². The Kier molecular flexibility index (Phi) is 7.24. The monoisotopic (exact) mass is 511 g/mol. The summed E-state index contributed by atoms with van der Waals surface area (Å²) >= 11 is 3.24. The Balaban J connectivity index is 1.44. The third-order valence-corrected chi connectivity index (χ3v) is 5.55. The van der Waals surface area contributed by atoms with Gasteiger partial charge in [-0.3, -0.25) is 9.89 Å². The normalized spacial score (nSPS) is 10.9. The first-order valence-electron chi connectivity index (χ1n) is 10.6. The van der Waals surface area contributed by atoms with Crippen LogP contribution in [0.2, 0.25) is 0 Å². The molecule has 0 aliphatic rings. The van der Waals surface area contributed by atoms with Gasteiger partial charge in [-0.1, -0.05) is 35.3 Å². The van der Waals surface area contributed by atoms with Gasteiger partial charge in [0.25, 0.3) is 5.91 Å². The number of unbranched alkanes of at least 4 members (excludes halogenated alkanes) is 1. The number of rotatable bonds is 9. The number of carbonyl (C=O) groups excluding carboxylic acids is 1. The molecular formula is C25H23BrFN3O3. The smallest absolute Gasteiger partial charge is 0.256 e. The molecule has 3 aromatic carbocycles. The number of halogens is 2. The van der Waals surface area contributed by atoms with Crippen LogP contribution in [0.5, 0.6) is 11.5 Å². The molecule has 1 aromatic heterocycles. The first-order valence-corrected chi connectivity index (χ1v) is 11.4. The van der Waals surface area contributed by atoms with E-state index < -0.39 is 0 Å². The number of amides is 1. The minimum atomic E-state index is -0.344. The Hall–Kier alpha value is -3.39. The summed E-state index contributed by atoms with van der Waals surface area (Å²) in [5, 5.41) is 10.6. The first kappa shape index (κ1) is 22.8. The van der Waals surface area contributed by atoms with Crippen LogP contribution >= 0.6 is 15.9 Å². The Bertz CT molecular complexity index is 1260. The molecular weight excluding hydrogens is 489 g/mol. The van der Waals surface area contributed by atoms with E-state index in [1.165, 1.54) is 6.07 Å². The van der Waals surface area contributed by atoms with Crippen LogP contribution in [-0.2, 0) is 6.61 Å². The maximum Gasteiger partial charge on any atom is 0.256 e. The lowest BCUT2D eigenvalue weighted by Crippen LogP contribution is -2.12. The van der Waals surface area contributed by atoms with Crippen molar-refractivity contribution < 1.29 is 18.7 Å². The molecule has 4 rings (SSSR count). The third kappa shape index (κ3) is 5.70. The number of fused-ring (bicyclic) bond motifs is 1. The van der Waals surface area contributed by atoms with Gasteiger partial charge in [-0.05, 0) is 61.0 Å². The highest BCUT2D eigenvalue weighted by molar-refractivity contribution is 9.10. The summed E-state index contributed by atoms with van der Waals surface area (Å²) in [5.41, 5.74) is 1.68. The maximum atomic E-state index is 14.0. The van der Waals surface area contributed by atoms with Crippen molar-refractivity contribution >= 4 is 38.6 Å². The number of hydrogen-bond donors (Lipinski definition) is 2. The second-order valence-corrected chi connectivity index (χ2v) is 8.40. The molecule has 6 nitrogen and oxygen atoms in total. The van der Waals surface area contributed by atoms with Crippen LogP contribution in [-0.4, -0.2) is 22.7 Å². The van der Waals surface area contributed by atoms with E-state index in [2.05, 4.69) is 38.4 Å². The standard InChI is InChI=1S/C25H23BrFN3O3/c1-2-3-12-32-19-8-5-16(6-9-19)25(31)28-24-21-14-20(10-11-23(21)29-30-24)33-15-17-4-7-18(26)13-22(17)27/h4-11,13-14H,2-3,12,15H2,1H3,(H2,28,29,30,31). The van der Waals surface area contributed by atoms with Crippen LogP contribution < -0.4 is 14.8 Å². The summed E-state index contributed by atoms with van der Waals surface area (Å²) in [5.74, 6) is 1.03. The minimum absolute atomic E-state index is 0.0802. The Labute approximate surface area is 199 Å². The Morgan fingerprint density at radius 3 is 2.61 bits per heavy atom. The quantitative estimate of drug-likeness (QED) is 0.252. The molecule has 4 aromatic rings. The number of hydrogen-bond acceptors (Lipinski definition) is 4. The molecule has 0 saturated heterocycles. The van der Waals surface area contributed by atoms with Crippen LogP contribution in [0.4, 0.5) is 10.2 Å². The van der Waals surface area contributed by atoms with E-state index in [0.29, 0.717) is 39.2 Å². The fraction of sp³-hybridized carbons (Fsp3) is 0.200. The summed E-state index contributed by atoms with van der Waals surface area (Å²) < 4.78 is 26.1. The van der Waals surface area contributed by atoms with Crippen molar-refractivity contribution in [2.24, 2.45) is 0 Å². The number of nitrogens with one attached hydrogen (secondary N) is 2. The van der Waals surface area contributed by atoms with Gasteiger partial charge in [0.15, 0.2) is 5.82 Å². The van der Waals surface area contributed by atoms with Crippen molar-refractivity contribution in [3.63, 3.8) is 0 Å². The molecule has 0 atom stereocenters. The summed E-state index contributed by atoms with van der Waals surface area (Å²) in [6, 6.07) is 17.1. The maximum absolute atomic E-state index is 14.0. The predicted octanol–water partition coefficient (Wildman–Crippen LogP) is 6.47. The lowest BCUT2D eigenvalue weighted by molar-refractivity contribution is 0.102. The van der Waals surface area contributed by atoms with Crippen molar-refractivity contribution in [1.82, 2.24) is 10.2 Å². The van der Waals surface area contributed by atoms with Gasteiger partial charge in [0.2, 0.25) is 0 Å². The summed E-state index contributed by atoms with van der Waals surface area (Å²) in [6.45, 7) is 2.84. The molecule has 33 heavy (non-hydrogen) atoms. The first-order chi connectivity index (χ1) is 16.0. The zero-order valence-corrected chi connectivity index (χ0v) is 19.6. The lowest BCUT2D eigenvalue weighted by Gasteiger charge is -2.08. The van der Waals surface area contributed by atoms with Crippen molar-refractivity contribution in [3.05, 3.63) is 82.1 Å². The zero-order chi connectivity index (χ0) is 23.2. The van der Waals surface area contributed by atoms with Gasteiger partial charge >= 0.3 is 0 Å². The molecule has 8 heteroatoms. The Morgan fingerprint density at radius 2 is 1.85 bits per heavy atom. The molecule has 0 bridgehead atoms. The highest BCUT2D eigenvalue weighted by atomic mass is 79.9. The number of benzene rings is 3. The van der Waals surface area contributed by atoms with Gasteiger partial charge in [0.05, 0.1) is 12.1 Å². The van der Waals surface area contributed by atoms with Crippen LogP contribution in [0.1, 0.15) is 35.7 Å². The van der Waals surface area contributed by atoms with Crippen molar-refractivity contribution in [2.75, 3.05) is 11.9 Å². The number of H-pyrrole nitrogens is 1. The van der Waals surface area contributed by atoms with E-state index in [1.807, 2.05) is 0 Å². The average Bonchev–Trinajstić information content (AvgIpc) is 3.21. The second-order valence-electron chi connectivity index (χ2n) is 7.48. The van der Waals surface area contributed by atoms with Gasteiger partial charge in [0, 0.05) is 21.0 Å². The molecule has 170 valence electrons. The molecule has 0 unspecified atom stereocenters. The van der Waals surface area contributed by atoms with Crippen molar-refractivity contribution in [3.8, 4) is 11.5 Å². The van der Waals surface area contributed by atoms with Crippen LogP contribution in [0.3, 0.4) is 0 Å². The molecule has 0 radical (unpaired) electrons. The van der Waals surface area contributed by atoms with Crippen LogP contribution in [0.25, 0.3) is 10.9 Å². The molecule has 1 heterocycles. The summed E-state index contributed by atoms with van der Waals surface area (Å²) in [6.07, 6.45) is 2.05. The number of aromatic amines is 1. The second kappa shape index (κ2) is 10.5. The lowest BCUT2D eigenvalue weighted by atomic mass is 10.2. The molecule has 1 amide bonds. The molecule has 0 spiro atoms. The number of ether oxygens (including phenoxy) is 2. The molecule has 0 aliphatic carbocycles. The van der Waals surface area contributed by atoms with Crippen LogP contribution in [0, 0.1) is 5.82 Å².